The Labute approximate surface area is 234 Å². The molecule has 0 aliphatic carbocycles. The number of piperazine rings is 1. The van der Waals surface area contributed by atoms with Crippen LogP contribution >= 0.6 is 0 Å². The summed E-state index contributed by atoms with van der Waals surface area (Å²) in [4.78, 5) is 47.8. The first-order chi connectivity index (χ1) is 19.8. The number of halogens is 1. The van der Waals surface area contributed by atoms with Gasteiger partial charge in [0.25, 0.3) is 0 Å². The molecule has 0 aromatic carbocycles. The number of aryl methyl sites for hydroxylation is 1. The van der Waals surface area contributed by atoms with Crippen LogP contribution in [0.5, 0.6) is 5.75 Å². The van der Waals surface area contributed by atoms with Gasteiger partial charge in [0.1, 0.15) is 22.9 Å². The van der Waals surface area contributed by atoms with Crippen LogP contribution in [0.15, 0.2) is 40.3 Å². The second kappa shape index (κ2) is 10.4. The third-order valence-electron chi connectivity index (χ3n) is 7.35. The average Bonchev–Trinajstić information content (AvgIpc) is 3.43. The maximum absolute atomic E-state index is 15.8. The number of hydrogen-bond donors (Lipinski definition) is 0. The Morgan fingerprint density at radius 2 is 2.07 bits per heavy atom. The van der Waals surface area contributed by atoms with E-state index in [1.54, 1.807) is 17.2 Å². The summed E-state index contributed by atoms with van der Waals surface area (Å²) >= 11 is 0. The molecule has 1 amide bonds. The third kappa shape index (κ3) is 4.60. The minimum Gasteiger partial charge on any atom is -0.491 e. The van der Waals surface area contributed by atoms with Crippen molar-refractivity contribution in [3.63, 3.8) is 0 Å². The normalized spacial score (nSPS) is 17.0. The fourth-order valence-corrected chi connectivity index (χ4v) is 5.36. The van der Waals surface area contributed by atoms with Crippen molar-refractivity contribution in [2.75, 3.05) is 31.1 Å². The molecule has 4 aromatic rings. The Morgan fingerprint density at radius 3 is 2.83 bits per heavy atom. The van der Waals surface area contributed by atoms with Crippen molar-refractivity contribution in [2.24, 2.45) is 0 Å². The topological polar surface area (TPSA) is 132 Å². The predicted molar refractivity (Wildman–Crippen MR) is 148 cm³/mol. The number of carbonyl (C=O) groups excluding carboxylic acids is 1. The number of aromatic nitrogens is 6. The zero-order valence-electron chi connectivity index (χ0n) is 23.0. The van der Waals surface area contributed by atoms with Gasteiger partial charge < -0.3 is 19.1 Å². The van der Waals surface area contributed by atoms with E-state index in [1.807, 2.05) is 25.7 Å². The lowest BCUT2D eigenvalue weighted by atomic mass is 10.1. The molecule has 13 heteroatoms. The van der Waals surface area contributed by atoms with Gasteiger partial charge in [-0.1, -0.05) is 25.6 Å². The van der Waals surface area contributed by atoms with Gasteiger partial charge in [0.05, 0.1) is 17.7 Å². The molecule has 1 fully saturated rings. The number of rotatable bonds is 3. The fourth-order valence-electron chi connectivity index (χ4n) is 5.36. The first-order valence-electron chi connectivity index (χ1n) is 13.5. The van der Waals surface area contributed by atoms with Gasteiger partial charge in [-0.15, -0.1) is 0 Å². The lowest BCUT2D eigenvalue weighted by molar-refractivity contribution is -0.126. The summed E-state index contributed by atoms with van der Waals surface area (Å²) in [7, 11) is 0. The highest BCUT2D eigenvalue weighted by Crippen LogP contribution is 2.35. The Hall–Kier alpha value is -4.68. The first kappa shape index (κ1) is 26.5. The van der Waals surface area contributed by atoms with Crippen LogP contribution in [-0.4, -0.2) is 72.7 Å². The Morgan fingerprint density at radius 1 is 1.24 bits per heavy atom. The van der Waals surface area contributed by atoms with Crippen molar-refractivity contribution in [3.05, 3.63) is 58.9 Å². The maximum Gasteiger partial charge on any atom is 0.356 e. The highest BCUT2D eigenvalue weighted by atomic mass is 19.1. The molecule has 0 radical (unpaired) electrons. The van der Waals surface area contributed by atoms with Crippen LogP contribution in [0.25, 0.3) is 28.2 Å². The van der Waals surface area contributed by atoms with E-state index in [9.17, 15) is 9.59 Å². The van der Waals surface area contributed by atoms with E-state index in [1.165, 1.54) is 16.7 Å². The van der Waals surface area contributed by atoms with E-state index in [-0.39, 0.29) is 40.9 Å². The Balaban J connectivity index is 1.64. The van der Waals surface area contributed by atoms with Crippen LogP contribution in [0.3, 0.4) is 0 Å². The van der Waals surface area contributed by atoms with Crippen LogP contribution in [-0.2, 0) is 11.2 Å². The summed E-state index contributed by atoms with van der Waals surface area (Å²) in [6, 6.07) is 2.77. The van der Waals surface area contributed by atoms with Crippen LogP contribution in [0.2, 0.25) is 0 Å². The molecule has 212 valence electrons. The van der Waals surface area contributed by atoms with Crippen LogP contribution in [0.4, 0.5) is 10.2 Å². The minimum atomic E-state index is -0.687. The molecule has 2 aliphatic rings. The van der Waals surface area contributed by atoms with Gasteiger partial charge in [0.15, 0.2) is 11.5 Å². The van der Waals surface area contributed by atoms with E-state index in [0.717, 1.165) is 0 Å². The average molecular weight is 561 g/mol. The number of pyridine rings is 2. The molecule has 4 bridgehead atoms. The van der Waals surface area contributed by atoms with Crippen molar-refractivity contribution in [1.29, 1.82) is 0 Å². The van der Waals surface area contributed by atoms with Crippen molar-refractivity contribution >= 4 is 22.8 Å². The number of fused-ring (bicyclic) bond motifs is 6. The van der Waals surface area contributed by atoms with Gasteiger partial charge >= 0.3 is 5.69 Å². The number of nitrogens with zero attached hydrogens (tertiary/aromatic N) is 8. The number of amides is 1. The number of carbonyl (C=O) groups is 1. The molecule has 41 heavy (non-hydrogen) atoms. The molecule has 0 spiro atoms. The van der Waals surface area contributed by atoms with E-state index < -0.39 is 11.5 Å². The summed E-state index contributed by atoms with van der Waals surface area (Å²) in [6.45, 7) is 10.9. The van der Waals surface area contributed by atoms with Crippen LogP contribution in [0, 0.1) is 5.82 Å². The molecular formula is C28H29FN8O4. The van der Waals surface area contributed by atoms with Crippen LogP contribution < -0.4 is 15.3 Å². The highest BCUT2D eigenvalue weighted by molar-refractivity contribution is 5.91. The van der Waals surface area contributed by atoms with E-state index in [4.69, 9.17) is 9.26 Å². The van der Waals surface area contributed by atoms with Gasteiger partial charge in [0, 0.05) is 44.4 Å². The second-order valence-electron chi connectivity index (χ2n) is 10.4. The van der Waals surface area contributed by atoms with Gasteiger partial charge in [-0.3, -0.25) is 9.78 Å². The predicted octanol–water partition coefficient (Wildman–Crippen LogP) is 3.04. The zero-order chi connectivity index (χ0) is 28.8. The summed E-state index contributed by atoms with van der Waals surface area (Å²) in [5.74, 6) is 0.0717. The molecule has 1 atom stereocenters. The third-order valence-corrected chi connectivity index (χ3v) is 7.35. The van der Waals surface area contributed by atoms with Gasteiger partial charge in [0.2, 0.25) is 17.6 Å². The molecule has 1 saturated heterocycles. The molecule has 12 nitrogen and oxygen atoms in total. The lowest BCUT2D eigenvalue weighted by Crippen LogP contribution is -2.54. The highest BCUT2D eigenvalue weighted by Gasteiger charge is 2.31. The lowest BCUT2D eigenvalue weighted by Gasteiger charge is -2.40. The van der Waals surface area contributed by atoms with Crippen molar-refractivity contribution in [1.82, 2.24) is 34.6 Å². The summed E-state index contributed by atoms with van der Waals surface area (Å²) in [5.41, 5.74) is 0.387. The minimum absolute atomic E-state index is 0.0164. The molecule has 0 unspecified atom stereocenters. The molecule has 2 aliphatic heterocycles. The SMILES string of the molecule is C=CC(=O)N1CCN(c2nc(=O)n3c4nc(c(F)cc24)-c2noc(n2)CCCOc2ccnc(C(C)C)c2-3)[C@@H](C)C1. The molecule has 6 heterocycles. The van der Waals surface area contributed by atoms with Gasteiger partial charge in [-0.2, -0.15) is 9.97 Å². The second-order valence-corrected chi connectivity index (χ2v) is 10.4. The summed E-state index contributed by atoms with van der Waals surface area (Å²) < 4.78 is 28.6. The Kier molecular flexibility index (Phi) is 6.72. The van der Waals surface area contributed by atoms with Crippen LogP contribution in [0.1, 0.15) is 44.7 Å². The molecule has 6 rings (SSSR count). The number of anilines is 1. The quantitative estimate of drug-likeness (QED) is 0.344. The number of ether oxygens (including phenoxy) is 1. The molecule has 0 N–H and O–H groups in total. The van der Waals surface area contributed by atoms with Gasteiger partial charge in [-0.25, -0.2) is 18.7 Å². The summed E-state index contributed by atoms with van der Waals surface area (Å²) in [5, 5.41) is 4.26. The summed E-state index contributed by atoms with van der Waals surface area (Å²) in [6.07, 6.45) is 3.88. The molecule has 0 saturated carbocycles. The van der Waals surface area contributed by atoms with Crippen molar-refractivity contribution in [3.8, 4) is 23.0 Å². The standard InChI is InChI=1S/C28H29FN8O4/c1-5-21(38)35-10-11-36(16(4)14-35)26-17-13-18(29)23-25-31-20(41-34-25)7-6-12-40-19-8-9-30-22(15(2)3)24(19)37(27(17)32-23)28(39)33-26/h5,8-9,13,15-16H,1,6-7,10-12,14H2,2-4H3/t16-/m0/s1. The Bertz CT molecular complexity index is 1730. The molecule has 4 aromatic heterocycles. The largest absolute Gasteiger partial charge is 0.491 e. The number of hydrogen-bond acceptors (Lipinski definition) is 10. The van der Waals surface area contributed by atoms with Gasteiger partial charge in [-0.05, 0) is 31.4 Å². The first-order valence-corrected chi connectivity index (χ1v) is 13.5. The smallest absolute Gasteiger partial charge is 0.356 e. The van der Waals surface area contributed by atoms with E-state index in [2.05, 4.69) is 31.7 Å². The van der Waals surface area contributed by atoms with E-state index >= 15 is 4.39 Å². The van der Waals surface area contributed by atoms with E-state index in [0.29, 0.717) is 67.5 Å². The van der Waals surface area contributed by atoms with Crippen molar-refractivity contribution < 1.29 is 18.4 Å². The zero-order valence-corrected chi connectivity index (χ0v) is 23.0. The monoisotopic (exact) mass is 560 g/mol. The fraction of sp³-hybridized carbons (Fsp3) is 0.393. The molecular weight excluding hydrogens is 531 g/mol. The van der Waals surface area contributed by atoms with Crippen molar-refractivity contribution in [2.45, 2.75) is 45.6 Å². The maximum atomic E-state index is 15.8.